The van der Waals surface area contributed by atoms with Gasteiger partial charge in [0.2, 0.25) is 0 Å². The molecule has 0 fully saturated rings. The van der Waals surface area contributed by atoms with Gasteiger partial charge in [-0.3, -0.25) is 20.0 Å². The number of carbonyl (C=O) groups excluding carboxylic acids is 1. The number of carbonyl (C=O) groups is 1. The molecule has 9 nitrogen and oxygen atoms in total. The highest BCUT2D eigenvalue weighted by atomic mass is 35.5. The van der Waals surface area contributed by atoms with Crippen molar-refractivity contribution in [3.63, 3.8) is 0 Å². The predicted molar refractivity (Wildman–Crippen MR) is 109 cm³/mol. The number of nitro groups is 1. The number of nitrogens with one attached hydrogen (secondary N) is 2. The fourth-order valence-electron chi connectivity index (χ4n) is 2.65. The van der Waals surface area contributed by atoms with Gasteiger partial charge in [0.05, 0.1) is 22.9 Å². The maximum Gasteiger partial charge on any atom is 0.276 e. The zero-order valence-electron chi connectivity index (χ0n) is 15.2. The molecule has 0 radical (unpaired) electrons. The first-order valence-corrected chi connectivity index (χ1v) is 8.99. The fourth-order valence-corrected chi connectivity index (χ4v) is 2.78. The monoisotopic (exact) mass is 424 g/mol. The van der Waals surface area contributed by atoms with Gasteiger partial charge in [-0.25, -0.2) is 0 Å². The Morgan fingerprint density at radius 1 is 1.13 bits per heavy atom. The van der Waals surface area contributed by atoms with E-state index < -0.39 is 10.8 Å². The molecular formula is C20H13ClN4O5. The molecule has 2 heterocycles. The average molecular weight is 425 g/mol. The molecule has 0 unspecified atom stereocenters. The first kappa shape index (κ1) is 19.2. The first-order valence-electron chi connectivity index (χ1n) is 8.61. The quantitative estimate of drug-likeness (QED) is 0.320. The SMILES string of the molecule is O=C(Nc1cc(Oc2ccc(Cl)cc2)cc([N+](=O)[O-])c1)c1cc(-c2ccco2)[nH]n1. The van der Waals surface area contributed by atoms with Crippen LogP contribution in [0.4, 0.5) is 11.4 Å². The number of rotatable bonds is 6. The van der Waals surface area contributed by atoms with Gasteiger partial charge in [0.1, 0.15) is 17.2 Å². The van der Waals surface area contributed by atoms with Gasteiger partial charge in [0.15, 0.2) is 11.5 Å². The molecule has 1 amide bonds. The van der Waals surface area contributed by atoms with Crippen molar-refractivity contribution in [3.8, 4) is 23.0 Å². The van der Waals surface area contributed by atoms with Crippen molar-refractivity contribution in [2.45, 2.75) is 0 Å². The van der Waals surface area contributed by atoms with Crippen LogP contribution in [-0.4, -0.2) is 21.0 Å². The Morgan fingerprint density at radius 3 is 2.63 bits per heavy atom. The number of amides is 1. The normalized spacial score (nSPS) is 10.6. The lowest BCUT2D eigenvalue weighted by molar-refractivity contribution is -0.384. The van der Waals surface area contributed by atoms with E-state index in [0.29, 0.717) is 22.2 Å². The van der Waals surface area contributed by atoms with E-state index in [-0.39, 0.29) is 22.8 Å². The van der Waals surface area contributed by atoms with Gasteiger partial charge in [-0.15, -0.1) is 0 Å². The third-order valence-corrected chi connectivity index (χ3v) is 4.26. The van der Waals surface area contributed by atoms with Gasteiger partial charge in [-0.2, -0.15) is 5.10 Å². The van der Waals surface area contributed by atoms with Gasteiger partial charge < -0.3 is 14.5 Å². The van der Waals surface area contributed by atoms with Gasteiger partial charge >= 0.3 is 0 Å². The number of aromatic amines is 1. The Morgan fingerprint density at radius 2 is 1.93 bits per heavy atom. The molecule has 0 bridgehead atoms. The smallest absolute Gasteiger partial charge is 0.276 e. The van der Waals surface area contributed by atoms with E-state index >= 15 is 0 Å². The van der Waals surface area contributed by atoms with Crippen molar-refractivity contribution < 1.29 is 18.9 Å². The van der Waals surface area contributed by atoms with Crippen LogP contribution < -0.4 is 10.1 Å². The molecule has 0 saturated carbocycles. The summed E-state index contributed by atoms with van der Waals surface area (Å²) in [7, 11) is 0. The molecule has 4 aromatic rings. The van der Waals surface area contributed by atoms with E-state index in [2.05, 4.69) is 15.5 Å². The van der Waals surface area contributed by atoms with E-state index in [1.807, 2.05) is 0 Å². The van der Waals surface area contributed by atoms with E-state index in [9.17, 15) is 14.9 Å². The molecule has 0 spiro atoms. The second-order valence-corrected chi connectivity index (χ2v) is 6.56. The maximum atomic E-state index is 12.5. The highest BCUT2D eigenvalue weighted by Gasteiger charge is 2.16. The molecule has 150 valence electrons. The van der Waals surface area contributed by atoms with Crippen molar-refractivity contribution in [1.82, 2.24) is 10.2 Å². The van der Waals surface area contributed by atoms with E-state index in [1.165, 1.54) is 30.5 Å². The Bertz CT molecular complexity index is 1200. The zero-order chi connectivity index (χ0) is 21.1. The molecule has 2 aromatic heterocycles. The first-order chi connectivity index (χ1) is 14.5. The minimum Gasteiger partial charge on any atom is -0.463 e. The maximum absolute atomic E-state index is 12.5. The number of aromatic nitrogens is 2. The predicted octanol–water partition coefficient (Wildman–Crippen LogP) is 5.28. The second kappa shape index (κ2) is 8.10. The van der Waals surface area contributed by atoms with Crippen LogP contribution in [0.15, 0.2) is 71.3 Å². The summed E-state index contributed by atoms with van der Waals surface area (Å²) in [6, 6.07) is 15.4. The lowest BCUT2D eigenvalue weighted by Crippen LogP contribution is -2.12. The summed E-state index contributed by atoms with van der Waals surface area (Å²) in [5.41, 5.74) is 0.555. The van der Waals surface area contributed by atoms with Crippen molar-refractivity contribution >= 4 is 28.9 Å². The topological polar surface area (TPSA) is 123 Å². The minimum atomic E-state index is -0.575. The lowest BCUT2D eigenvalue weighted by atomic mass is 10.2. The average Bonchev–Trinajstić information content (AvgIpc) is 3.41. The molecule has 10 heteroatoms. The second-order valence-electron chi connectivity index (χ2n) is 6.13. The van der Waals surface area contributed by atoms with E-state index in [1.54, 1.807) is 36.4 Å². The number of hydrogen-bond acceptors (Lipinski definition) is 6. The summed E-state index contributed by atoms with van der Waals surface area (Å²) >= 11 is 5.85. The van der Waals surface area contributed by atoms with Crippen molar-refractivity contribution in [2.24, 2.45) is 0 Å². The van der Waals surface area contributed by atoms with Crippen LogP contribution in [0.25, 0.3) is 11.5 Å². The number of furan rings is 1. The lowest BCUT2D eigenvalue weighted by Gasteiger charge is -2.09. The number of anilines is 1. The highest BCUT2D eigenvalue weighted by molar-refractivity contribution is 6.30. The molecule has 2 aromatic carbocycles. The Hall–Kier alpha value is -4.11. The molecular weight excluding hydrogens is 412 g/mol. The summed E-state index contributed by atoms with van der Waals surface area (Å²) in [6.07, 6.45) is 1.50. The number of hydrogen-bond donors (Lipinski definition) is 2. The zero-order valence-corrected chi connectivity index (χ0v) is 15.9. The minimum absolute atomic E-state index is 0.0908. The highest BCUT2D eigenvalue weighted by Crippen LogP contribution is 2.30. The third kappa shape index (κ3) is 4.31. The number of ether oxygens (including phenoxy) is 1. The molecule has 0 aliphatic carbocycles. The molecule has 0 atom stereocenters. The third-order valence-electron chi connectivity index (χ3n) is 4.01. The van der Waals surface area contributed by atoms with Gasteiger partial charge in [-0.05, 0) is 36.4 Å². The van der Waals surface area contributed by atoms with E-state index in [0.717, 1.165) is 0 Å². The number of nitro benzene ring substituents is 1. The summed E-state index contributed by atoms with van der Waals surface area (Å²) < 4.78 is 10.9. The summed E-state index contributed by atoms with van der Waals surface area (Å²) in [5.74, 6) is 0.588. The summed E-state index contributed by atoms with van der Waals surface area (Å²) in [6.45, 7) is 0. The molecule has 0 aliphatic rings. The molecule has 0 aliphatic heterocycles. The van der Waals surface area contributed by atoms with Crippen LogP contribution in [0.2, 0.25) is 5.02 Å². The van der Waals surface area contributed by atoms with Crippen LogP contribution in [-0.2, 0) is 0 Å². The number of benzene rings is 2. The van der Waals surface area contributed by atoms with E-state index in [4.69, 9.17) is 20.8 Å². The molecule has 30 heavy (non-hydrogen) atoms. The number of H-pyrrole nitrogens is 1. The van der Waals surface area contributed by atoms with Crippen LogP contribution >= 0.6 is 11.6 Å². The van der Waals surface area contributed by atoms with Crippen molar-refractivity contribution in [2.75, 3.05) is 5.32 Å². The summed E-state index contributed by atoms with van der Waals surface area (Å²) in [4.78, 5) is 23.2. The molecule has 0 saturated heterocycles. The molecule has 2 N–H and O–H groups in total. The van der Waals surface area contributed by atoms with Crippen LogP contribution in [0.3, 0.4) is 0 Å². The molecule has 4 rings (SSSR count). The Balaban J connectivity index is 1.57. The van der Waals surface area contributed by atoms with Crippen molar-refractivity contribution in [1.29, 1.82) is 0 Å². The van der Waals surface area contributed by atoms with Gasteiger partial charge in [0.25, 0.3) is 11.6 Å². The largest absolute Gasteiger partial charge is 0.463 e. The fraction of sp³-hybridized carbons (Fsp3) is 0. The summed E-state index contributed by atoms with van der Waals surface area (Å²) in [5, 5.41) is 21.1. The Kier molecular flexibility index (Phi) is 5.19. The Labute approximate surface area is 174 Å². The van der Waals surface area contributed by atoms with Gasteiger partial charge in [-0.1, -0.05) is 11.6 Å². The van der Waals surface area contributed by atoms with Crippen LogP contribution in [0, 0.1) is 10.1 Å². The van der Waals surface area contributed by atoms with Gasteiger partial charge in [0, 0.05) is 23.2 Å². The number of non-ortho nitro benzene ring substituents is 1. The standard InChI is InChI=1S/C20H13ClN4O5/c21-12-3-5-15(6-4-12)30-16-9-13(8-14(10-16)25(27)28)22-20(26)18-11-17(23-24-18)19-2-1-7-29-19/h1-11H,(H,22,26)(H,23,24). The van der Waals surface area contributed by atoms with Crippen LogP contribution in [0.5, 0.6) is 11.5 Å². The number of nitrogens with zero attached hydrogens (tertiary/aromatic N) is 2. The van der Waals surface area contributed by atoms with Crippen LogP contribution in [0.1, 0.15) is 10.5 Å². The van der Waals surface area contributed by atoms with Crippen molar-refractivity contribution in [3.05, 3.63) is 87.8 Å². The number of halogens is 1.